The second-order valence-corrected chi connectivity index (χ2v) is 6.46. The van der Waals surface area contributed by atoms with Gasteiger partial charge in [0.1, 0.15) is 0 Å². The molecule has 0 saturated carbocycles. The zero-order valence-corrected chi connectivity index (χ0v) is 12.8. The first-order valence-electron chi connectivity index (χ1n) is 7.81. The van der Waals surface area contributed by atoms with Crippen molar-refractivity contribution in [3.05, 3.63) is 30.3 Å². The van der Waals surface area contributed by atoms with Crippen LogP contribution in [0.1, 0.15) is 5.89 Å². The summed E-state index contributed by atoms with van der Waals surface area (Å²) in [5.41, 5.74) is 1.83. The van der Waals surface area contributed by atoms with Gasteiger partial charge in [0.2, 0.25) is 11.7 Å². The van der Waals surface area contributed by atoms with Crippen LogP contribution < -0.4 is 5.32 Å². The SMILES string of the molecule is Cn1ncc2ccc(-c3noc([C@]45CNC[C@H]4COC5)n3)cc21. The van der Waals surface area contributed by atoms with Gasteiger partial charge in [0.15, 0.2) is 0 Å². The number of fused-ring (bicyclic) bond motifs is 2. The summed E-state index contributed by atoms with van der Waals surface area (Å²) < 4.78 is 13.1. The second-order valence-electron chi connectivity index (χ2n) is 6.46. The molecule has 0 amide bonds. The zero-order chi connectivity index (χ0) is 15.4. The molecule has 0 unspecified atom stereocenters. The maximum absolute atomic E-state index is 5.67. The van der Waals surface area contributed by atoms with Crippen LogP contribution in [0.5, 0.6) is 0 Å². The molecule has 0 bridgehead atoms. The molecule has 3 aromatic rings. The lowest BCUT2D eigenvalue weighted by atomic mass is 9.81. The number of aromatic nitrogens is 4. The lowest BCUT2D eigenvalue weighted by molar-refractivity contribution is 0.161. The number of hydrogen-bond donors (Lipinski definition) is 1. The van der Waals surface area contributed by atoms with Crippen molar-refractivity contribution in [1.82, 2.24) is 25.2 Å². The summed E-state index contributed by atoms with van der Waals surface area (Å²) in [5.74, 6) is 1.72. The fraction of sp³-hybridized carbons (Fsp3) is 0.438. The molecule has 118 valence electrons. The van der Waals surface area contributed by atoms with Gasteiger partial charge < -0.3 is 14.6 Å². The third-order valence-corrected chi connectivity index (χ3v) is 5.15. The van der Waals surface area contributed by atoms with E-state index < -0.39 is 0 Å². The van der Waals surface area contributed by atoms with E-state index in [0.717, 1.165) is 36.2 Å². The molecule has 7 heteroatoms. The maximum Gasteiger partial charge on any atom is 0.237 e. The normalized spacial score (nSPS) is 26.9. The van der Waals surface area contributed by atoms with Crippen molar-refractivity contribution >= 4 is 10.9 Å². The Morgan fingerprint density at radius 3 is 3.30 bits per heavy atom. The van der Waals surface area contributed by atoms with E-state index in [0.29, 0.717) is 24.2 Å². The number of rotatable bonds is 2. The minimum atomic E-state index is -0.165. The summed E-state index contributed by atoms with van der Waals surface area (Å²) in [6.07, 6.45) is 1.85. The molecule has 2 aromatic heterocycles. The highest BCUT2D eigenvalue weighted by Gasteiger charge is 2.52. The van der Waals surface area contributed by atoms with Gasteiger partial charge >= 0.3 is 0 Å². The third kappa shape index (κ3) is 1.80. The van der Waals surface area contributed by atoms with E-state index in [9.17, 15) is 0 Å². The molecule has 4 heterocycles. The van der Waals surface area contributed by atoms with Gasteiger partial charge in [-0.15, -0.1) is 0 Å². The second kappa shape index (κ2) is 4.62. The maximum atomic E-state index is 5.67. The average Bonchev–Trinajstić information content (AvgIpc) is 3.29. The zero-order valence-electron chi connectivity index (χ0n) is 12.8. The molecule has 2 atom stereocenters. The van der Waals surface area contributed by atoms with Crippen LogP contribution in [0.2, 0.25) is 0 Å². The molecule has 1 aromatic carbocycles. The first-order chi connectivity index (χ1) is 11.3. The van der Waals surface area contributed by atoms with E-state index in [-0.39, 0.29) is 5.41 Å². The van der Waals surface area contributed by atoms with Gasteiger partial charge in [0.25, 0.3) is 0 Å². The Kier molecular flexibility index (Phi) is 2.66. The molecule has 0 spiro atoms. The predicted octanol–water partition coefficient (Wildman–Crippen LogP) is 1.11. The molecule has 0 radical (unpaired) electrons. The summed E-state index contributed by atoms with van der Waals surface area (Å²) in [5, 5.41) is 13.0. The summed E-state index contributed by atoms with van der Waals surface area (Å²) >= 11 is 0. The molecule has 2 aliphatic heterocycles. The fourth-order valence-electron chi connectivity index (χ4n) is 3.72. The first-order valence-corrected chi connectivity index (χ1v) is 7.81. The van der Waals surface area contributed by atoms with E-state index >= 15 is 0 Å². The first kappa shape index (κ1) is 13.2. The monoisotopic (exact) mass is 311 g/mol. The Morgan fingerprint density at radius 1 is 1.39 bits per heavy atom. The summed E-state index contributed by atoms with van der Waals surface area (Å²) in [6.45, 7) is 3.18. The lowest BCUT2D eigenvalue weighted by Gasteiger charge is -2.20. The van der Waals surface area contributed by atoms with E-state index in [2.05, 4.69) is 20.6 Å². The van der Waals surface area contributed by atoms with Crippen LogP contribution in [0, 0.1) is 5.92 Å². The molecule has 2 saturated heterocycles. The van der Waals surface area contributed by atoms with E-state index in [1.54, 1.807) is 0 Å². The molecule has 5 rings (SSSR count). The topological polar surface area (TPSA) is 78.0 Å². The van der Waals surface area contributed by atoms with Crippen LogP contribution in [-0.4, -0.2) is 46.2 Å². The summed E-state index contributed by atoms with van der Waals surface area (Å²) in [6, 6.07) is 6.08. The van der Waals surface area contributed by atoms with Crippen LogP contribution in [0.25, 0.3) is 22.3 Å². The van der Waals surface area contributed by atoms with Crippen molar-refractivity contribution in [2.45, 2.75) is 5.41 Å². The standard InChI is InChI=1S/C16H17N5O2/c1-21-13-4-10(2-3-11(13)5-18-21)14-19-15(23-20-14)16-8-17-6-12(16)7-22-9-16/h2-5,12,17H,6-9H2,1H3/t12-,16-/m0/s1. The van der Waals surface area contributed by atoms with Gasteiger partial charge in [0.05, 0.1) is 30.3 Å². The van der Waals surface area contributed by atoms with Gasteiger partial charge in [0, 0.05) is 37.0 Å². The van der Waals surface area contributed by atoms with Crippen LogP contribution in [0.3, 0.4) is 0 Å². The smallest absolute Gasteiger partial charge is 0.237 e. The van der Waals surface area contributed by atoms with Crippen LogP contribution in [0.4, 0.5) is 0 Å². The Bertz CT molecular complexity index is 874. The number of nitrogens with one attached hydrogen (secondary N) is 1. The van der Waals surface area contributed by atoms with Crippen molar-refractivity contribution in [2.75, 3.05) is 26.3 Å². The van der Waals surface area contributed by atoms with Gasteiger partial charge in [-0.2, -0.15) is 10.1 Å². The van der Waals surface area contributed by atoms with Crippen molar-refractivity contribution in [2.24, 2.45) is 13.0 Å². The van der Waals surface area contributed by atoms with E-state index in [1.165, 1.54) is 0 Å². The van der Waals surface area contributed by atoms with Gasteiger partial charge in [-0.1, -0.05) is 17.3 Å². The van der Waals surface area contributed by atoms with Gasteiger partial charge in [-0.05, 0) is 6.07 Å². The minimum absolute atomic E-state index is 0.165. The summed E-state index contributed by atoms with van der Waals surface area (Å²) in [7, 11) is 1.93. The Balaban J connectivity index is 1.56. The summed E-state index contributed by atoms with van der Waals surface area (Å²) in [4.78, 5) is 4.69. The molecular weight excluding hydrogens is 294 g/mol. The number of aryl methyl sites for hydroxylation is 1. The largest absolute Gasteiger partial charge is 0.380 e. The highest BCUT2D eigenvalue weighted by atomic mass is 16.5. The number of ether oxygens (including phenoxy) is 1. The van der Waals surface area contributed by atoms with Crippen molar-refractivity contribution in [1.29, 1.82) is 0 Å². The van der Waals surface area contributed by atoms with Crippen molar-refractivity contribution in [3.63, 3.8) is 0 Å². The Hall–Kier alpha value is -2.25. The highest BCUT2D eigenvalue weighted by molar-refractivity contribution is 5.83. The van der Waals surface area contributed by atoms with Crippen LogP contribution in [0.15, 0.2) is 28.9 Å². The molecule has 7 nitrogen and oxygen atoms in total. The van der Waals surface area contributed by atoms with Crippen LogP contribution >= 0.6 is 0 Å². The number of hydrogen-bond acceptors (Lipinski definition) is 6. The highest BCUT2D eigenvalue weighted by Crippen LogP contribution is 2.40. The number of nitrogens with zero attached hydrogens (tertiary/aromatic N) is 4. The predicted molar refractivity (Wildman–Crippen MR) is 82.9 cm³/mol. The quantitative estimate of drug-likeness (QED) is 0.764. The fourth-order valence-corrected chi connectivity index (χ4v) is 3.72. The Labute approximate surface area is 132 Å². The average molecular weight is 311 g/mol. The minimum Gasteiger partial charge on any atom is -0.380 e. The van der Waals surface area contributed by atoms with Crippen molar-refractivity contribution in [3.8, 4) is 11.4 Å². The van der Waals surface area contributed by atoms with Gasteiger partial charge in [-0.3, -0.25) is 4.68 Å². The molecule has 23 heavy (non-hydrogen) atoms. The lowest BCUT2D eigenvalue weighted by Crippen LogP contribution is -2.35. The Morgan fingerprint density at radius 2 is 2.35 bits per heavy atom. The van der Waals surface area contributed by atoms with E-state index in [4.69, 9.17) is 9.26 Å². The molecule has 2 fully saturated rings. The van der Waals surface area contributed by atoms with Crippen molar-refractivity contribution < 1.29 is 9.26 Å². The molecular formula is C16H17N5O2. The molecule has 1 N–H and O–H groups in total. The molecule has 0 aliphatic carbocycles. The number of benzene rings is 1. The van der Waals surface area contributed by atoms with Crippen LogP contribution in [-0.2, 0) is 17.2 Å². The third-order valence-electron chi connectivity index (χ3n) is 5.15. The van der Waals surface area contributed by atoms with Gasteiger partial charge in [-0.25, -0.2) is 0 Å². The van der Waals surface area contributed by atoms with E-state index in [1.807, 2.05) is 36.1 Å². The molecule has 2 aliphatic rings.